The van der Waals surface area contributed by atoms with Crippen LogP contribution in [0.2, 0.25) is 18.1 Å². The second-order valence-electron chi connectivity index (χ2n) is 10.8. The lowest BCUT2D eigenvalue weighted by Crippen LogP contribution is -2.49. The number of ether oxygens (including phenoxy) is 2. The van der Waals surface area contributed by atoms with Crippen LogP contribution in [0.15, 0.2) is 48.6 Å². The molecule has 35 heavy (non-hydrogen) atoms. The average molecular weight is 515 g/mol. The molecule has 0 bridgehead atoms. The first-order valence-electron chi connectivity index (χ1n) is 12.3. The molecule has 6 nitrogen and oxygen atoms in total. The summed E-state index contributed by atoms with van der Waals surface area (Å²) in [7, 11) is 1.31. The van der Waals surface area contributed by atoms with Gasteiger partial charge < -0.3 is 29.2 Å². The predicted molar refractivity (Wildman–Crippen MR) is 150 cm³/mol. The fraction of sp³-hybridized carbons (Fsp3) is 0.714. The van der Waals surface area contributed by atoms with Crippen LogP contribution in [-0.4, -0.2) is 75.5 Å². The monoisotopic (exact) mass is 514 g/mol. The van der Waals surface area contributed by atoms with Gasteiger partial charge in [-0.3, -0.25) is 0 Å². The minimum atomic E-state index is -1.91. The number of rotatable bonds is 14. The Morgan fingerprint density at radius 2 is 1.26 bits per heavy atom. The highest BCUT2D eigenvalue weighted by molar-refractivity contribution is 6.74. The van der Waals surface area contributed by atoms with Gasteiger partial charge in [0.25, 0.3) is 0 Å². The molecule has 0 aromatic heterocycles. The van der Waals surface area contributed by atoms with Crippen molar-refractivity contribution in [2.75, 3.05) is 27.4 Å². The van der Waals surface area contributed by atoms with Crippen LogP contribution in [0, 0.1) is 11.8 Å². The third kappa shape index (κ3) is 13.2. The van der Waals surface area contributed by atoms with Crippen molar-refractivity contribution in [3.63, 3.8) is 0 Å². The number of aliphatic hydroxyl groups excluding tert-OH is 3. The molecule has 0 aliphatic heterocycles. The Morgan fingerprint density at radius 3 is 1.57 bits per heavy atom. The van der Waals surface area contributed by atoms with Crippen molar-refractivity contribution < 1.29 is 29.2 Å². The Hall–Kier alpha value is -1.06. The molecule has 0 radical (unpaired) electrons. The Labute approximate surface area is 216 Å². The molecule has 0 heterocycles. The molecule has 206 valence electrons. The van der Waals surface area contributed by atoms with Crippen molar-refractivity contribution in [1.82, 2.24) is 0 Å². The molecule has 0 fully saturated rings. The first-order chi connectivity index (χ1) is 16.1. The van der Waals surface area contributed by atoms with Gasteiger partial charge in [-0.05, 0) is 32.0 Å². The van der Waals surface area contributed by atoms with Gasteiger partial charge in [-0.1, -0.05) is 70.1 Å². The summed E-state index contributed by atoms with van der Waals surface area (Å²) in [5, 5.41) is 28.0. The largest absolute Gasteiger partial charge is 0.410 e. The fourth-order valence-electron chi connectivity index (χ4n) is 3.23. The van der Waals surface area contributed by atoms with Gasteiger partial charge in [0.05, 0.1) is 25.4 Å². The highest BCUT2D eigenvalue weighted by Crippen LogP contribution is 2.39. The van der Waals surface area contributed by atoms with Crippen LogP contribution < -0.4 is 0 Å². The van der Waals surface area contributed by atoms with E-state index in [1.807, 2.05) is 26.8 Å². The van der Waals surface area contributed by atoms with Crippen molar-refractivity contribution in [3.8, 4) is 0 Å². The molecule has 0 aliphatic rings. The minimum absolute atomic E-state index is 0.0167. The van der Waals surface area contributed by atoms with E-state index in [1.165, 1.54) is 7.11 Å². The molecular weight excluding hydrogens is 460 g/mol. The summed E-state index contributed by atoms with van der Waals surface area (Å²) in [6, 6.07) is 0. The van der Waals surface area contributed by atoms with Gasteiger partial charge in [-0.2, -0.15) is 0 Å². The molecule has 0 amide bonds. The predicted octanol–water partition coefficient (Wildman–Crippen LogP) is 5.28. The average Bonchev–Trinajstić information content (AvgIpc) is 2.79. The van der Waals surface area contributed by atoms with E-state index in [1.54, 1.807) is 19.3 Å². The quantitative estimate of drug-likeness (QED) is 0.216. The van der Waals surface area contributed by atoms with Crippen molar-refractivity contribution in [1.29, 1.82) is 0 Å². The van der Waals surface area contributed by atoms with E-state index in [-0.39, 0.29) is 48.4 Å². The smallest absolute Gasteiger partial charge is 0.192 e. The lowest BCUT2D eigenvalue weighted by molar-refractivity contribution is -0.00161. The van der Waals surface area contributed by atoms with Crippen molar-refractivity contribution >= 4 is 8.32 Å². The normalized spacial score (nSPS) is 18.5. The van der Waals surface area contributed by atoms with Crippen LogP contribution in [0.5, 0.6) is 0 Å². The summed E-state index contributed by atoms with van der Waals surface area (Å²) >= 11 is 0. The molecule has 0 rings (SSSR count). The van der Waals surface area contributed by atoms with Gasteiger partial charge in [0.15, 0.2) is 8.32 Å². The van der Waals surface area contributed by atoms with Crippen molar-refractivity contribution in [2.45, 2.75) is 91.0 Å². The van der Waals surface area contributed by atoms with Gasteiger partial charge in [0.1, 0.15) is 12.2 Å². The lowest BCUT2D eigenvalue weighted by Gasteiger charge is -2.42. The Balaban J connectivity index is 0. The maximum Gasteiger partial charge on any atom is 0.192 e. The van der Waals surface area contributed by atoms with Crippen molar-refractivity contribution in [2.24, 2.45) is 11.8 Å². The van der Waals surface area contributed by atoms with Crippen LogP contribution in [0.3, 0.4) is 0 Å². The molecule has 0 saturated carbocycles. The van der Waals surface area contributed by atoms with Gasteiger partial charge in [-0.25, -0.2) is 0 Å². The van der Waals surface area contributed by atoms with E-state index in [4.69, 9.17) is 19.0 Å². The van der Waals surface area contributed by atoms with E-state index in [9.17, 15) is 10.2 Å². The van der Waals surface area contributed by atoms with Crippen LogP contribution >= 0.6 is 0 Å². The second kappa shape index (κ2) is 17.4. The molecule has 0 aromatic carbocycles. The summed E-state index contributed by atoms with van der Waals surface area (Å²) in [4.78, 5) is 0. The van der Waals surface area contributed by atoms with Gasteiger partial charge in [0, 0.05) is 26.1 Å². The molecular formula is C28H54O6Si. The third-order valence-corrected chi connectivity index (χ3v) is 11.0. The van der Waals surface area contributed by atoms with Crippen LogP contribution in [0.1, 0.15) is 48.5 Å². The van der Waals surface area contributed by atoms with E-state index in [0.717, 1.165) is 11.1 Å². The van der Waals surface area contributed by atoms with Crippen molar-refractivity contribution in [3.05, 3.63) is 48.6 Å². The summed E-state index contributed by atoms with van der Waals surface area (Å²) in [6.07, 6.45) is 6.03. The van der Waals surface area contributed by atoms with E-state index in [2.05, 4.69) is 60.0 Å². The first-order valence-corrected chi connectivity index (χ1v) is 15.2. The van der Waals surface area contributed by atoms with Crippen LogP contribution in [-0.2, 0) is 13.9 Å². The van der Waals surface area contributed by atoms with Gasteiger partial charge in [0.2, 0.25) is 0 Å². The standard InChI is InChI=1S/C17H34O3Si.C11H20O3/c1-10-15(19-7)16(14(3)11-13(2)12-18)20-21(8,9)17(4,5)6;1-5-10(14-4)11(13)9(3)6-8(2)7-12/h10-11,14-16,18H,1,12H2,2-9H3;5-6,9-13H,1,7H2,2-4H3/b13-11-;8-6-/t14?,15-,16-;9?,10-,11-/m00/s1. The summed E-state index contributed by atoms with van der Waals surface area (Å²) in [5.41, 5.74) is 1.79. The third-order valence-electron chi connectivity index (χ3n) is 6.56. The fourth-order valence-corrected chi connectivity index (χ4v) is 4.61. The topological polar surface area (TPSA) is 88.4 Å². The highest BCUT2D eigenvalue weighted by Gasteiger charge is 2.41. The summed E-state index contributed by atoms with van der Waals surface area (Å²) < 4.78 is 17.2. The Bertz CT molecular complexity index is 665. The second-order valence-corrected chi connectivity index (χ2v) is 15.5. The zero-order chi connectivity index (χ0) is 28.0. The Kier molecular flexibility index (Phi) is 17.9. The van der Waals surface area contributed by atoms with Gasteiger partial charge in [-0.15, -0.1) is 13.2 Å². The number of methoxy groups -OCH3 is 2. The highest BCUT2D eigenvalue weighted by atomic mass is 28.4. The SMILES string of the molecule is C=C[C@H](OC)[C@@H](O)C(C)/C=C(/C)CO.C=C[C@H](OC)[C@@H](O[Si](C)(C)C(C)(C)C)C(C)/C=C(/C)CO. The van der Waals surface area contributed by atoms with Crippen LogP contribution in [0.25, 0.3) is 0 Å². The first kappa shape index (κ1) is 36.1. The lowest BCUT2D eigenvalue weighted by atomic mass is 9.97. The van der Waals surface area contributed by atoms with Crippen LogP contribution in [0.4, 0.5) is 0 Å². The molecule has 0 spiro atoms. The molecule has 0 aliphatic carbocycles. The van der Waals surface area contributed by atoms with E-state index < -0.39 is 14.4 Å². The Morgan fingerprint density at radius 1 is 0.857 bits per heavy atom. The van der Waals surface area contributed by atoms with E-state index in [0.29, 0.717) is 0 Å². The zero-order valence-electron chi connectivity index (χ0n) is 24.2. The van der Waals surface area contributed by atoms with E-state index >= 15 is 0 Å². The van der Waals surface area contributed by atoms with Gasteiger partial charge >= 0.3 is 0 Å². The molecule has 6 atom stereocenters. The number of aliphatic hydroxyl groups is 3. The molecule has 2 unspecified atom stereocenters. The number of hydrogen-bond donors (Lipinski definition) is 3. The molecule has 0 aromatic rings. The summed E-state index contributed by atoms with van der Waals surface area (Å²) in [5.74, 6) is 0.0827. The zero-order valence-corrected chi connectivity index (χ0v) is 25.2. The molecule has 0 saturated heterocycles. The number of hydrogen-bond acceptors (Lipinski definition) is 6. The molecule has 7 heteroatoms. The minimum Gasteiger partial charge on any atom is -0.410 e. The maximum absolute atomic E-state index is 9.80. The maximum atomic E-state index is 9.80. The molecule has 3 N–H and O–H groups in total. The summed E-state index contributed by atoms with van der Waals surface area (Å²) in [6.45, 7) is 26.4.